The molecule has 1 heteroatoms. The van der Waals surface area contributed by atoms with Crippen LogP contribution in [0.5, 0.6) is 0 Å². The van der Waals surface area contributed by atoms with Gasteiger partial charge in [0, 0.05) is 12.8 Å². The first-order chi connectivity index (χ1) is 4.14. The summed E-state index contributed by atoms with van der Waals surface area (Å²) in [6.45, 7) is 11.3. The zero-order chi connectivity index (χ0) is 6.91. The lowest BCUT2D eigenvalue weighted by atomic mass is 9.92. The Morgan fingerprint density at radius 2 is 2.22 bits per heavy atom. The summed E-state index contributed by atoms with van der Waals surface area (Å²) in [6, 6.07) is 0.333. The summed E-state index contributed by atoms with van der Waals surface area (Å²) in [5.41, 5.74) is 0.454. The van der Waals surface area contributed by atoms with Crippen LogP contribution in [0.25, 0.3) is 4.85 Å². The molecular formula is C8H13N. The highest BCUT2D eigenvalue weighted by molar-refractivity contribution is 4.92. The highest BCUT2D eigenvalue weighted by Crippen LogP contribution is 2.38. The van der Waals surface area contributed by atoms with Crippen LogP contribution in [-0.2, 0) is 0 Å². The molecule has 0 aliphatic heterocycles. The van der Waals surface area contributed by atoms with Crippen LogP contribution in [0, 0.1) is 12.0 Å². The highest BCUT2D eigenvalue weighted by atomic mass is 14.7. The first kappa shape index (κ1) is 6.61. The van der Waals surface area contributed by atoms with Gasteiger partial charge < -0.3 is 4.85 Å². The molecule has 0 aromatic rings. The Morgan fingerprint density at radius 3 is 2.44 bits per heavy atom. The van der Waals surface area contributed by atoms with E-state index in [-0.39, 0.29) is 0 Å². The summed E-state index contributed by atoms with van der Waals surface area (Å²) in [6.07, 6.45) is 3.47. The van der Waals surface area contributed by atoms with Crippen LogP contribution in [0.4, 0.5) is 0 Å². The minimum Gasteiger partial charge on any atom is -0.314 e. The molecular weight excluding hydrogens is 110 g/mol. The molecule has 1 aliphatic rings. The van der Waals surface area contributed by atoms with Gasteiger partial charge >= 0.3 is 0 Å². The zero-order valence-corrected chi connectivity index (χ0v) is 6.15. The Morgan fingerprint density at radius 1 is 1.56 bits per heavy atom. The van der Waals surface area contributed by atoms with E-state index in [4.69, 9.17) is 6.57 Å². The first-order valence-corrected chi connectivity index (χ1v) is 3.51. The maximum atomic E-state index is 6.80. The molecule has 0 N–H and O–H groups in total. The summed E-state index contributed by atoms with van der Waals surface area (Å²) in [5, 5.41) is 0. The Kier molecular flexibility index (Phi) is 1.48. The van der Waals surface area contributed by atoms with Gasteiger partial charge in [-0.1, -0.05) is 13.8 Å². The van der Waals surface area contributed by atoms with Crippen molar-refractivity contribution in [2.45, 2.75) is 39.2 Å². The monoisotopic (exact) mass is 123 g/mol. The minimum atomic E-state index is 0.333. The van der Waals surface area contributed by atoms with Crippen molar-refractivity contribution in [1.29, 1.82) is 0 Å². The van der Waals surface area contributed by atoms with E-state index >= 15 is 0 Å². The second-order valence-corrected chi connectivity index (χ2v) is 3.69. The second-order valence-electron chi connectivity index (χ2n) is 3.69. The molecule has 0 amide bonds. The van der Waals surface area contributed by atoms with Gasteiger partial charge in [-0.05, 0) is 11.8 Å². The SMILES string of the molecule is [C-]#[N+]C1CCC(C)(C)C1. The van der Waals surface area contributed by atoms with Gasteiger partial charge in [0.1, 0.15) is 0 Å². The van der Waals surface area contributed by atoms with Crippen LogP contribution in [-0.4, -0.2) is 6.04 Å². The molecule has 9 heavy (non-hydrogen) atoms. The average Bonchev–Trinajstić information content (AvgIpc) is 2.10. The van der Waals surface area contributed by atoms with E-state index < -0.39 is 0 Å². The van der Waals surface area contributed by atoms with E-state index in [1.54, 1.807) is 0 Å². The van der Waals surface area contributed by atoms with Crippen LogP contribution >= 0.6 is 0 Å². The van der Waals surface area contributed by atoms with Gasteiger partial charge in [0.05, 0.1) is 0 Å². The van der Waals surface area contributed by atoms with Crippen molar-refractivity contribution in [3.05, 3.63) is 11.4 Å². The van der Waals surface area contributed by atoms with Crippen molar-refractivity contribution in [2.75, 3.05) is 0 Å². The predicted molar refractivity (Wildman–Crippen MR) is 38.0 cm³/mol. The van der Waals surface area contributed by atoms with Gasteiger partial charge in [0.25, 0.3) is 0 Å². The molecule has 0 radical (unpaired) electrons. The van der Waals surface area contributed by atoms with Gasteiger partial charge in [-0.15, -0.1) is 0 Å². The fourth-order valence-electron chi connectivity index (χ4n) is 1.51. The van der Waals surface area contributed by atoms with E-state index in [9.17, 15) is 0 Å². The maximum Gasteiger partial charge on any atom is 0.224 e. The van der Waals surface area contributed by atoms with Crippen molar-refractivity contribution in [2.24, 2.45) is 5.41 Å². The lowest BCUT2D eigenvalue weighted by Crippen LogP contribution is -2.05. The summed E-state index contributed by atoms with van der Waals surface area (Å²) in [5.74, 6) is 0. The largest absolute Gasteiger partial charge is 0.314 e. The molecule has 1 unspecified atom stereocenters. The van der Waals surface area contributed by atoms with Crippen LogP contribution in [0.15, 0.2) is 0 Å². The Hall–Kier alpha value is -0.510. The Balaban J connectivity index is 2.50. The maximum absolute atomic E-state index is 6.80. The van der Waals surface area contributed by atoms with Gasteiger partial charge in [-0.3, -0.25) is 0 Å². The van der Waals surface area contributed by atoms with Crippen molar-refractivity contribution >= 4 is 0 Å². The van der Waals surface area contributed by atoms with E-state index in [1.165, 1.54) is 6.42 Å². The molecule has 1 aliphatic carbocycles. The van der Waals surface area contributed by atoms with E-state index in [0.29, 0.717) is 11.5 Å². The van der Waals surface area contributed by atoms with Crippen LogP contribution in [0.1, 0.15) is 33.1 Å². The molecule has 1 saturated carbocycles. The summed E-state index contributed by atoms with van der Waals surface area (Å²) in [4.78, 5) is 3.53. The smallest absolute Gasteiger partial charge is 0.224 e. The molecule has 0 saturated heterocycles. The molecule has 1 atom stereocenters. The van der Waals surface area contributed by atoms with Gasteiger partial charge in [-0.25, -0.2) is 6.57 Å². The number of rotatable bonds is 0. The Labute approximate surface area is 56.9 Å². The summed E-state index contributed by atoms with van der Waals surface area (Å²) < 4.78 is 0. The quantitative estimate of drug-likeness (QED) is 0.436. The second kappa shape index (κ2) is 2.02. The number of hydrogen-bond acceptors (Lipinski definition) is 0. The molecule has 1 fully saturated rings. The third-order valence-electron chi connectivity index (χ3n) is 2.13. The fraction of sp³-hybridized carbons (Fsp3) is 0.875. The predicted octanol–water partition coefficient (Wildman–Crippen LogP) is 2.48. The molecule has 0 heterocycles. The molecule has 0 aromatic carbocycles. The first-order valence-electron chi connectivity index (χ1n) is 3.51. The van der Waals surface area contributed by atoms with Crippen molar-refractivity contribution in [1.82, 2.24) is 0 Å². The van der Waals surface area contributed by atoms with Crippen molar-refractivity contribution in [3.8, 4) is 0 Å². The van der Waals surface area contributed by atoms with E-state index in [0.717, 1.165) is 12.8 Å². The third-order valence-corrected chi connectivity index (χ3v) is 2.13. The summed E-state index contributed by atoms with van der Waals surface area (Å²) >= 11 is 0. The highest BCUT2D eigenvalue weighted by Gasteiger charge is 2.34. The van der Waals surface area contributed by atoms with Crippen LogP contribution in [0.3, 0.4) is 0 Å². The van der Waals surface area contributed by atoms with E-state index in [1.807, 2.05) is 0 Å². The molecule has 1 nitrogen and oxygen atoms in total. The minimum absolute atomic E-state index is 0.333. The van der Waals surface area contributed by atoms with E-state index in [2.05, 4.69) is 18.7 Å². The molecule has 50 valence electrons. The van der Waals surface area contributed by atoms with Gasteiger partial charge in [0.2, 0.25) is 6.04 Å². The van der Waals surface area contributed by atoms with Crippen LogP contribution < -0.4 is 0 Å². The molecule has 0 aromatic heterocycles. The number of nitrogens with zero attached hydrogens (tertiary/aromatic N) is 1. The normalized spacial score (nSPS) is 31.9. The summed E-state index contributed by atoms with van der Waals surface area (Å²) in [7, 11) is 0. The molecule has 0 spiro atoms. The standard InChI is InChI=1S/C8H13N/c1-8(2)5-4-7(6-8)9-3/h7H,4-6H2,1-2H3. The lowest BCUT2D eigenvalue weighted by molar-refractivity contribution is 0.380. The lowest BCUT2D eigenvalue weighted by Gasteiger charge is -2.12. The average molecular weight is 123 g/mol. The molecule has 0 bridgehead atoms. The van der Waals surface area contributed by atoms with Crippen molar-refractivity contribution < 1.29 is 0 Å². The Bertz CT molecular complexity index is 141. The zero-order valence-electron chi connectivity index (χ0n) is 6.15. The molecule has 1 rings (SSSR count). The number of hydrogen-bond donors (Lipinski definition) is 0. The van der Waals surface area contributed by atoms with Crippen LogP contribution in [0.2, 0.25) is 0 Å². The topological polar surface area (TPSA) is 4.36 Å². The van der Waals surface area contributed by atoms with Gasteiger partial charge in [0.15, 0.2) is 0 Å². The van der Waals surface area contributed by atoms with Crippen molar-refractivity contribution in [3.63, 3.8) is 0 Å². The third kappa shape index (κ3) is 1.45. The fourth-order valence-corrected chi connectivity index (χ4v) is 1.51. The van der Waals surface area contributed by atoms with Gasteiger partial charge in [-0.2, -0.15) is 0 Å².